The van der Waals surface area contributed by atoms with Crippen LogP contribution in [0.2, 0.25) is 0 Å². The van der Waals surface area contributed by atoms with Gasteiger partial charge >= 0.3 is 12.4 Å². The van der Waals surface area contributed by atoms with E-state index < -0.39 is 57.1 Å². The van der Waals surface area contributed by atoms with Gasteiger partial charge in [0, 0.05) is 5.56 Å². The lowest BCUT2D eigenvalue weighted by Crippen LogP contribution is -2.17. The van der Waals surface area contributed by atoms with Crippen LogP contribution in [0.3, 0.4) is 0 Å². The number of hydrogen-bond donors (Lipinski definition) is 2. The van der Waals surface area contributed by atoms with Crippen molar-refractivity contribution in [2.24, 2.45) is 0 Å². The Balaban J connectivity index is 3.01. The van der Waals surface area contributed by atoms with Crippen molar-refractivity contribution in [1.29, 1.82) is 10.5 Å². The molecule has 0 atom stereocenters. The molecule has 0 spiro atoms. The van der Waals surface area contributed by atoms with E-state index in [4.69, 9.17) is 16.3 Å². The number of anilines is 1. The molecule has 0 aliphatic rings. The minimum atomic E-state index is -5.14. The van der Waals surface area contributed by atoms with Crippen LogP contribution in [0.4, 0.5) is 32.2 Å². The molecule has 0 fully saturated rings. The van der Waals surface area contributed by atoms with Crippen LogP contribution in [-0.4, -0.2) is 4.98 Å². The molecule has 2 rings (SSSR count). The van der Waals surface area contributed by atoms with Gasteiger partial charge in [0.25, 0.3) is 5.56 Å². The molecule has 0 radical (unpaired) electrons. The van der Waals surface area contributed by atoms with Crippen LogP contribution in [0.15, 0.2) is 23.0 Å². The molecule has 0 aliphatic heterocycles. The second-order valence-electron chi connectivity index (χ2n) is 5.01. The first-order valence-corrected chi connectivity index (χ1v) is 6.56. The number of nitrogen functional groups attached to an aromatic ring is 1. The summed E-state index contributed by atoms with van der Waals surface area (Å²) in [6.07, 6.45) is -10.3. The van der Waals surface area contributed by atoms with Crippen LogP contribution in [0.1, 0.15) is 22.3 Å². The third-order valence-corrected chi connectivity index (χ3v) is 3.34. The highest BCUT2D eigenvalue weighted by molar-refractivity contribution is 5.80. The van der Waals surface area contributed by atoms with Crippen molar-refractivity contribution >= 4 is 5.82 Å². The van der Waals surface area contributed by atoms with E-state index in [0.717, 1.165) is 0 Å². The Kier molecular flexibility index (Phi) is 4.43. The fourth-order valence-corrected chi connectivity index (χ4v) is 2.23. The number of benzene rings is 1. The third kappa shape index (κ3) is 3.32. The summed E-state index contributed by atoms with van der Waals surface area (Å²) in [7, 11) is 0. The van der Waals surface area contributed by atoms with Crippen LogP contribution < -0.4 is 11.3 Å². The van der Waals surface area contributed by atoms with Crippen molar-refractivity contribution in [2.45, 2.75) is 12.4 Å². The first-order valence-electron chi connectivity index (χ1n) is 6.56. The van der Waals surface area contributed by atoms with E-state index in [2.05, 4.69) is 0 Å². The molecule has 0 saturated carbocycles. The number of halogens is 6. The number of nitriles is 2. The number of aromatic nitrogens is 1. The van der Waals surface area contributed by atoms with Crippen LogP contribution in [-0.2, 0) is 12.4 Å². The highest BCUT2D eigenvalue weighted by Crippen LogP contribution is 2.40. The van der Waals surface area contributed by atoms with Crippen molar-refractivity contribution in [3.63, 3.8) is 0 Å². The average molecular weight is 372 g/mol. The highest BCUT2D eigenvalue weighted by atomic mass is 19.4. The summed E-state index contributed by atoms with van der Waals surface area (Å²) in [5.74, 6) is -0.586. The number of hydrogen-bond acceptors (Lipinski definition) is 4. The van der Waals surface area contributed by atoms with Gasteiger partial charge in [-0.2, -0.15) is 36.9 Å². The standard InChI is InChI=1S/C15H6F6N4O/c16-14(17,18)7-1-6(2-8(3-7)15(19,20)21)11-9(4-22)12(24)25-13(26)10(11)5-23/h1-3H,(H3,24,25,26). The van der Waals surface area contributed by atoms with Gasteiger partial charge in [0.2, 0.25) is 0 Å². The number of pyridine rings is 1. The van der Waals surface area contributed by atoms with E-state index in [1.54, 1.807) is 0 Å². The summed E-state index contributed by atoms with van der Waals surface area (Å²) in [4.78, 5) is 13.7. The second kappa shape index (κ2) is 6.11. The summed E-state index contributed by atoms with van der Waals surface area (Å²) >= 11 is 0. The summed E-state index contributed by atoms with van der Waals surface area (Å²) < 4.78 is 77.9. The molecule has 0 aliphatic carbocycles. The molecular weight excluding hydrogens is 366 g/mol. The molecule has 26 heavy (non-hydrogen) atoms. The van der Waals surface area contributed by atoms with Gasteiger partial charge in [0.1, 0.15) is 29.1 Å². The monoisotopic (exact) mass is 372 g/mol. The number of aromatic amines is 1. The normalized spacial score (nSPS) is 11.7. The fraction of sp³-hybridized carbons (Fsp3) is 0.133. The van der Waals surface area contributed by atoms with Gasteiger partial charge in [0.15, 0.2) is 0 Å². The molecule has 134 valence electrons. The van der Waals surface area contributed by atoms with Crippen molar-refractivity contribution in [3.05, 3.63) is 50.8 Å². The topological polar surface area (TPSA) is 106 Å². The predicted molar refractivity (Wildman–Crippen MR) is 76.3 cm³/mol. The van der Waals surface area contributed by atoms with E-state index in [1.165, 1.54) is 12.1 Å². The van der Waals surface area contributed by atoms with Crippen LogP contribution in [0.25, 0.3) is 11.1 Å². The first-order chi connectivity index (χ1) is 11.9. The first kappa shape index (κ1) is 18.9. The molecule has 0 unspecified atom stereocenters. The van der Waals surface area contributed by atoms with Crippen molar-refractivity contribution in [2.75, 3.05) is 5.73 Å². The number of nitrogens with two attached hydrogens (primary N) is 1. The zero-order valence-electron chi connectivity index (χ0n) is 12.4. The third-order valence-electron chi connectivity index (χ3n) is 3.34. The van der Waals surface area contributed by atoms with Crippen LogP contribution in [0.5, 0.6) is 0 Å². The smallest absolute Gasteiger partial charge is 0.384 e. The number of alkyl halides is 6. The predicted octanol–water partition coefficient (Wildman–Crippen LogP) is 3.41. The maximum absolute atomic E-state index is 13.0. The Morgan fingerprint density at radius 2 is 1.35 bits per heavy atom. The summed E-state index contributed by atoms with van der Waals surface area (Å²) in [6, 6.07) is 3.35. The Morgan fingerprint density at radius 1 is 0.885 bits per heavy atom. The largest absolute Gasteiger partial charge is 0.416 e. The Hall–Kier alpha value is -3.47. The van der Waals surface area contributed by atoms with Gasteiger partial charge in [-0.05, 0) is 23.8 Å². The summed E-state index contributed by atoms with van der Waals surface area (Å²) in [6.45, 7) is 0. The van der Waals surface area contributed by atoms with Crippen LogP contribution in [0, 0.1) is 22.7 Å². The van der Waals surface area contributed by atoms with E-state index >= 15 is 0 Å². The van der Waals surface area contributed by atoms with Gasteiger partial charge in [-0.1, -0.05) is 0 Å². The Morgan fingerprint density at radius 3 is 1.73 bits per heavy atom. The van der Waals surface area contributed by atoms with Crippen LogP contribution >= 0.6 is 0 Å². The molecule has 1 aromatic heterocycles. The SMILES string of the molecule is N#Cc1c(N)[nH]c(=O)c(C#N)c1-c1cc(C(F)(F)F)cc(C(F)(F)F)c1. The van der Waals surface area contributed by atoms with Crippen molar-refractivity contribution in [3.8, 4) is 23.3 Å². The lowest BCUT2D eigenvalue weighted by Gasteiger charge is -2.16. The quantitative estimate of drug-likeness (QED) is 0.748. The molecule has 11 heteroatoms. The highest BCUT2D eigenvalue weighted by Gasteiger charge is 2.37. The minimum absolute atomic E-state index is 0.113. The molecule has 5 nitrogen and oxygen atoms in total. The van der Waals surface area contributed by atoms with Crippen molar-refractivity contribution in [1.82, 2.24) is 4.98 Å². The Bertz CT molecular complexity index is 989. The molecule has 1 aromatic carbocycles. The van der Waals surface area contributed by atoms with Gasteiger partial charge in [-0.15, -0.1) is 0 Å². The lowest BCUT2D eigenvalue weighted by molar-refractivity contribution is -0.143. The van der Waals surface area contributed by atoms with Gasteiger partial charge in [-0.3, -0.25) is 4.79 Å². The van der Waals surface area contributed by atoms with E-state index in [0.29, 0.717) is 12.1 Å². The molecule has 3 N–H and O–H groups in total. The van der Waals surface area contributed by atoms with Gasteiger partial charge < -0.3 is 10.7 Å². The molecule has 2 aromatic rings. The molecule has 0 bridgehead atoms. The minimum Gasteiger partial charge on any atom is -0.384 e. The zero-order chi connectivity index (χ0) is 19.9. The number of rotatable bonds is 1. The second-order valence-corrected chi connectivity index (χ2v) is 5.01. The van der Waals surface area contributed by atoms with E-state index in [-0.39, 0.29) is 6.07 Å². The maximum atomic E-state index is 13.0. The summed E-state index contributed by atoms with van der Waals surface area (Å²) in [5.41, 5.74) is -1.98. The number of nitrogens with one attached hydrogen (secondary N) is 1. The average Bonchev–Trinajstić information content (AvgIpc) is 2.52. The fourth-order valence-electron chi connectivity index (χ4n) is 2.23. The lowest BCUT2D eigenvalue weighted by atomic mass is 9.93. The van der Waals surface area contributed by atoms with Gasteiger partial charge in [0.05, 0.1) is 11.1 Å². The molecule has 0 amide bonds. The Labute approximate surface area is 140 Å². The van der Waals surface area contributed by atoms with E-state index in [9.17, 15) is 31.1 Å². The summed E-state index contributed by atoms with van der Waals surface area (Å²) in [5, 5.41) is 18.2. The maximum Gasteiger partial charge on any atom is 0.416 e. The van der Waals surface area contributed by atoms with Crippen molar-refractivity contribution < 1.29 is 26.3 Å². The van der Waals surface area contributed by atoms with Gasteiger partial charge in [-0.25, -0.2) is 0 Å². The van der Waals surface area contributed by atoms with E-state index in [1.807, 2.05) is 4.98 Å². The zero-order valence-corrected chi connectivity index (χ0v) is 12.4. The molecular formula is C15H6F6N4O. The number of H-pyrrole nitrogens is 1. The molecule has 1 heterocycles. The molecule has 0 saturated heterocycles. The number of nitrogens with zero attached hydrogens (tertiary/aromatic N) is 2.